The maximum Gasteiger partial charge on any atom is 0.0795 e. The van der Waals surface area contributed by atoms with E-state index >= 15 is 0 Å². The summed E-state index contributed by atoms with van der Waals surface area (Å²) in [4.78, 5) is 9.41. The molecule has 0 bridgehead atoms. The summed E-state index contributed by atoms with van der Waals surface area (Å²) in [6.45, 7) is 10.9. The minimum atomic E-state index is -2.47. The Morgan fingerprint density at radius 2 is 1.58 bits per heavy atom. The van der Waals surface area contributed by atoms with E-state index < -0.39 is 14.9 Å². The Labute approximate surface area is 321 Å². The van der Waals surface area contributed by atoms with Gasteiger partial charge in [0.25, 0.3) is 0 Å². The van der Waals surface area contributed by atoms with Gasteiger partial charge in [-0.05, 0) is 62.3 Å². The summed E-state index contributed by atoms with van der Waals surface area (Å²) in [7, 11) is -1.43. The summed E-state index contributed by atoms with van der Waals surface area (Å²) in [5.41, 5.74) is 6.49. The monoisotopic (exact) mass is 869 g/mol. The first-order valence-electron chi connectivity index (χ1n) is 18.9. The number of benzene rings is 5. The van der Waals surface area contributed by atoms with E-state index in [0.717, 1.165) is 28.1 Å². The fraction of sp³-hybridized carbons (Fsp3) is 0.182. The third-order valence-electron chi connectivity index (χ3n) is 8.69. The van der Waals surface area contributed by atoms with Crippen LogP contribution in [-0.4, -0.2) is 22.6 Å². The van der Waals surface area contributed by atoms with Gasteiger partial charge in [0.1, 0.15) is 0 Å². The Morgan fingerprint density at radius 1 is 0.820 bits per heavy atom. The van der Waals surface area contributed by atoms with Crippen LogP contribution in [0.25, 0.3) is 59.5 Å². The second-order valence-corrected chi connectivity index (χ2v) is 20.4. The predicted octanol–water partition coefficient (Wildman–Crippen LogP) is 11.6. The van der Waals surface area contributed by atoms with E-state index in [0.29, 0.717) is 11.3 Å². The zero-order chi connectivity index (χ0) is 38.6. The molecule has 8 rings (SSSR count). The number of aromatic nitrogens is 3. The molecule has 3 nitrogen and oxygen atoms in total. The summed E-state index contributed by atoms with van der Waals surface area (Å²) in [6.07, 6.45) is 1.82. The van der Waals surface area contributed by atoms with Crippen LogP contribution in [0.3, 0.4) is 0 Å². The van der Waals surface area contributed by atoms with Crippen molar-refractivity contribution in [2.45, 2.75) is 52.7 Å². The summed E-state index contributed by atoms with van der Waals surface area (Å²) in [5, 5.41) is 3.76. The molecule has 0 aliphatic rings. The number of imidazole rings is 1. The largest absolute Gasteiger partial charge is 0.333 e. The number of thiophene rings is 1. The molecular weight excluding hydrogens is 823 g/mol. The molecule has 0 N–H and O–H groups in total. The summed E-state index contributed by atoms with van der Waals surface area (Å²) in [5.74, 6) is 0.925. The van der Waals surface area contributed by atoms with E-state index in [-0.39, 0.29) is 43.2 Å². The van der Waals surface area contributed by atoms with Gasteiger partial charge >= 0.3 is 0 Å². The quantitative estimate of drug-likeness (QED) is 0.130. The van der Waals surface area contributed by atoms with Gasteiger partial charge in [0, 0.05) is 43.5 Å². The van der Waals surface area contributed by atoms with Crippen LogP contribution in [0, 0.1) is 19.0 Å². The zero-order valence-electron chi connectivity index (χ0n) is 34.0. The van der Waals surface area contributed by atoms with Crippen LogP contribution in [0.1, 0.15) is 38.8 Å². The summed E-state index contributed by atoms with van der Waals surface area (Å²) in [6, 6.07) is 41.2. The molecule has 0 atom stereocenters. The number of hydrogen-bond donors (Lipinski definition) is 0. The maximum atomic E-state index is 7.88. The Balaban J connectivity index is 0.000000198. The van der Waals surface area contributed by atoms with E-state index in [1.165, 1.54) is 37.0 Å². The molecule has 253 valence electrons. The molecule has 0 aliphatic heterocycles. The third-order valence-corrected chi connectivity index (χ3v) is 11.9. The molecule has 0 fully saturated rings. The van der Waals surface area contributed by atoms with Crippen LogP contribution in [0.5, 0.6) is 0 Å². The molecule has 5 aromatic carbocycles. The van der Waals surface area contributed by atoms with Gasteiger partial charge in [-0.25, -0.2) is 0 Å². The first-order valence-corrected chi connectivity index (χ1v) is 20.7. The van der Waals surface area contributed by atoms with Gasteiger partial charge < -0.3 is 9.55 Å². The molecule has 0 unspecified atom stereocenters. The van der Waals surface area contributed by atoms with Crippen molar-refractivity contribution in [3.63, 3.8) is 0 Å². The smallest absolute Gasteiger partial charge is 0.0795 e. The van der Waals surface area contributed by atoms with Crippen molar-refractivity contribution in [3.8, 4) is 28.3 Å². The Bertz CT molecular complexity index is 2610. The fourth-order valence-electron chi connectivity index (χ4n) is 5.85. The molecule has 1 radical (unpaired) electrons. The van der Waals surface area contributed by atoms with Crippen molar-refractivity contribution >= 4 is 55.8 Å². The molecule has 0 spiro atoms. The van der Waals surface area contributed by atoms with Crippen molar-refractivity contribution in [2.75, 3.05) is 0 Å². The molecule has 0 saturated carbocycles. The maximum absolute atomic E-state index is 7.88. The van der Waals surface area contributed by atoms with Crippen LogP contribution in [0.15, 0.2) is 121 Å². The van der Waals surface area contributed by atoms with Crippen molar-refractivity contribution in [3.05, 3.63) is 145 Å². The average molecular weight is 869 g/mol. The Morgan fingerprint density at radius 3 is 2.28 bits per heavy atom. The Hall–Kier alpha value is -4.19. The van der Waals surface area contributed by atoms with Gasteiger partial charge in [-0.3, -0.25) is 4.98 Å². The number of para-hydroxylation sites is 2. The van der Waals surface area contributed by atoms with E-state index in [1.807, 2.05) is 35.7 Å². The second-order valence-electron chi connectivity index (χ2n) is 14.3. The SMILES string of the molecule is CC(C)(C)c1ccc(-n2c(-c3[c-]cc4c(c3)sc3ccccc34)nc3ccccc32)cc1.[2H]c1[c-]c(-c2ccc([Si](C)(C)C)cn2)cc([2H])c1C([2H])([2H])[2H].[Ir]. The number of pyridine rings is 1. The van der Waals surface area contributed by atoms with Crippen LogP contribution in [-0.2, 0) is 25.5 Å². The minimum Gasteiger partial charge on any atom is -0.333 e. The summed E-state index contributed by atoms with van der Waals surface area (Å²) < 4.78 is 42.7. The van der Waals surface area contributed by atoms with Crippen LogP contribution in [0.4, 0.5) is 0 Å². The van der Waals surface area contributed by atoms with Crippen LogP contribution < -0.4 is 5.19 Å². The van der Waals surface area contributed by atoms with E-state index in [9.17, 15) is 0 Å². The molecule has 0 saturated heterocycles. The van der Waals surface area contributed by atoms with Gasteiger partial charge in [0.2, 0.25) is 0 Å². The molecule has 8 aromatic rings. The topological polar surface area (TPSA) is 30.7 Å². The minimum absolute atomic E-state index is 0. The molecule has 6 heteroatoms. The first-order chi connectivity index (χ1) is 25.5. The van der Waals surface area contributed by atoms with Crippen molar-refractivity contribution in [2.24, 2.45) is 0 Å². The predicted molar refractivity (Wildman–Crippen MR) is 213 cm³/mol. The number of nitrogens with zero attached hydrogens (tertiary/aromatic N) is 3. The van der Waals surface area contributed by atoms with E-state index in [4.69, 9.17) is 11.8 Å². The number of hydrogen-bond acceptors (Lipinski definition) is 3. The third kappa shape index (κ3) is 7.31. The van der Waals surface area contributed by atoms with Gasteiger partial charge in [0.15, 0.2) is 0 Å². The molecular formula is C44H41IrN3SSi-2. The molecule has 0 aliphatic carbocycles. The zero-order valence-corrected chi connectivity index (χ0v) is 33.2. The van der Waals surface area contributed by atoms with Crippen molar-refractivity contribution < 1.29 is 27.0 Å². The van der Waals surface area contributed by atoms with Crippen molar-refractivity contribution in [1.82, 2.24) is 14.5 Å². The van der Waals surface area contributed by atoms with Gasteiger partial charge in [0.05, 0.1) is 24.9 Å². The Kier molecular flexibility index (Phi) is 8.39. The first kappa shape index (κ1) is 29.5. The van der Waals surface area contributed by atoms with E-state index in [1.54, 1.807) is 0 Å². The standard InChI is InChI=1S/C29H23N2S.C15H18NSi.Ir/c1-29(2,3)20-13-15-21(16-14-20)31-25-10-6-5-9-24(25)30-28(31)19-12-17-23-22-8-4-7-11-26(22)32-27(23)18-19;1-12-5-7-13(8-6-12)15-10-9-14(11-16-15)17(2,3)4;/h4-11,13-18H,1-3H3;5-7,9-11H,1-4H3;/q2*-1;/i;1D3,5D,6D;. The molecule has 3 aromatic heterocycles. The van der Waals surface area contributed by atoms with Gasteiger partial charge in [-0.15, -0.1) is 59.1 Å². The fourth-order valence-corrected chi connectivity index (χ4v) is 8.01. The van der Waals surface area contributed by atoms with Gasteiger partial charge in [-0.2, -0.15) is 11.3 Å². The molecule has 50 heavy (non-hydrogen) atoms. The van der Waals surface area contributed by atoms with Crippen LogP contribution in [0.2, 0.25) is 19.6 Å². The normalized spacial score (nSPS) is 13.4. The second kappa shape index (κ2) is 14.2. The van der Waals surface area contributed by atoms with E-state index in [2.05, 4.69) is 141 Å². The van der Waals surface area contributed by atoms with Gasteiger partial charge in [-0.1, -0.05) is 107 Å². The van der Waals surface area contributed by atoms with Crippen molar-refractivity contribution in [1.29, 1.82) is 0 Å². The number of fused-ring (bicyclic) bond motifs is 4. The van der Waals surface area contributed by atoms with Crippen LogP contribution >= 0.6 is 11.3 Å². The molecule has 0 amide bonds. The molecule has 3 heterocycles. The summed E-state index contributed by atoms with van der Waals surface area (Å²) >= 11 is 1.83. The average Bonchev–Trinajstić information content (AvgIpc) is 3.69. The number of rotatable bonds is 4.